The van der Waals surface area contributed by atoms with Crippen molar-refractivity contribution in [2.45, 2.75) is 18.7 Å². The van der Waals surface area contributed by atoms with Gasteiger partial charge in [-0.1, -0.05) is 28.1 Å². The van der Waals surface area contributed by atoms with Gasteiger partial charge in [-0.2, -0.15) is 8.42 Å². The number of hydrogen-bond donors (Lipinski definition) is 1. The Morgan fingerprint density at radius 2 is 1.67 bits per heavy atom. The first-order chi connectivity index (χ1) is 12.8. The summed E-state index contributed by atoms with van der Waals surface area (Å²) in [5.74, 6) is 0.0403. The van der Waals surface area contributed by atoms with Gasteiger partial charge in [-0.3, -0.25) is 0 Å². The zero-order valence-electron chi connectivity index (χ0n) is 15.4. The molecule has 0 spiro atoms. The number of rotatable bonds is 3. The van der Waals surface area contributed by atoms with Crippen LogP contribution in [0.1, 0.15) is 11.1 Å². The van der Waals surface area contributed by atoms with Crippen molar-refractivity contribution < 1.29 is 8.42 Å². The summed E-state index contributed by atoms with van der Waals surface area (Å²) in [6, 6.07) is 12.6. The van der Waals surface area contributed by atoms with Gasteiger partial charge in [-0.05, 0) is 55.3 Å². The second-order valence-electron chi connectivity index (χ2n) is 6.57. The van der Waals surface area contributed by atoms with Gasteiger partial charge in [-0.15, -0.1) is 4.40 Å². The minimum absolute atomic E-state index is 0.0403. The standard InChI is InChI=1S/C19H23BrN4O2S/c1-14-4-3-5-18(15(14)2)23-10-12-24(13-11-23)19(21)22-27(25,26)17-8-6-16(20)7-9-17/h3-9H,10-13H2,1-2H3,(H2,21,22). The molecule has 1 aliphatic heterocycles. The van der Waals surface area contributed by atoms with Gasteiger partial charge in [0.25, 0.3) is 10.0 Å². The average molecular weight is 451 g/mol. The molecule has 1 saturated heterocycles. The Balaban J connectivity index is 1.71. The summed E-state index contributed by atoms with van der Waals surface area (Å²) >= 11 is 3.29. The van der Waals surface area contributed by atoms with E-state index in [9.17, 15) is 8.42 Å². The smallest absolute Gasteiger partial charge is 0.285 e. The first-order valence-electron chi connectivity index (χ1n) is 8.70. The van der Waals surface area contributed by atoms with Gasteiger partial charge in [0.05, 0.1) is 4.90 Å². The summed E-state index contributed by atoms with van der Waals surface area (Å²) in [6.07, 6.45) is 0. The Hall–Kier alpha value is -2.06. The lowest BCUT2D eigenvalue weighted by atomic mass is 10.1. The summed E-state index contributed by atoms with van der Waals surface area (Å²) in [5.41, 5.74) is 9.75. The van der Waals surface area contributed by atoms with E-state index in [1.54, 1.807) is 12.1 Å². The van der Waals surface area contributed by atoms with Crippen molar-refractivity contribution in [3.63, 3.8) is 0 Å². The number of benzene rings is 2. The van der Waals surface area contributed by atoms with E-state index in [1.165, 1.54) is 28.9 Å². The maximum absolute atomic E-state index is 12.4. The topological polar surface area (TPSA) is 79.0 Å². The zero-order chi connectivity index (χ0) is 19.6. The van der Waals surface area contributed by atoms with Crippen LogP contribution in [-0.4, -0.2) is 45.5 Å². The third-order valence-electron chi connectivity index (χ3n) is 4.85. The highest BCUT2D eigenvalue weighted by Gasteiger charge is 2.22. The second-order valence-corrected chi connectivity index (χ2v) is 9.09. The summed E-state index contributed by atoms with van der Waals surface area (Å²) in [5, 5.41) is 0. The molecule has 0 aromatic heterocycles. The number of anilines is 1. The average Bonchev–Trinajstić information content (AvgIpc) is 2.64. The molecule has 0 bridgehead atoms. The third kappa shape index (κ3) is 4.44. The van der Waals surface area contributed by atoms with Gasteiger partial charge < -0.3 is 15.5 Å². The first-order valence-corrected chi connectivity index (χ1v) is 10.9. The van der Waals surface area contributed by atoms with Crippen molar-refractivity contribution >= 4 is 37.6 Å². The molecule has 2 aromatic rings. The van der Waals surface area contributed by atoms with Crippen LogP contribution in [0.5, 0.6) is 0 Å². The molecular weight excluding hydrogens is 428 g/mol. The molecule has 2 aromatic carbocycles. The molecule has 0 radical (unpaired) electrons. The number of sulfonamides is 1. The highest BCUT2D eigenvalue weighted by Crippen LogP contribution is 2.24. The molecule has 3 rings (SSSR count). The van der Waals surface area contributed by atoms with Crippen molar-refractivity contribution in [2.75, 3.05) is 31.1 Å². The lowest BCUT2D eigenvalue weighted by molar-refractivity contribution is 0.382. The normalized spacial score (nSPS) is 15.9. The van der Waals surface area contributed by atoms with Gasteiger partial charge in [0, 0.05) is 36.3 Å². The Bertz CT molecular complexity index is 950. The number of halogens is 1. The molecule has 0 unspecified atom stereocenters. The van der Waals surface area contributed by atoms with Crippen LogP contribution in [0.2, 0.25) is 0 Å². The van der Waals surface area contributed by atoms with Crippen LogP contribution in [0.15, 0.2) is 56.2 Å². The predicted molar refractivity (Wildman–Crippen MR) is 113 cm³/mol. The van der Waals surface area contributed by atoms with Crippen LogP contribution in [0.3, 0.4) is 0 Å². The lowest BCUT2D eigenvalue weighted by Crippen LogP contribution is -2.51. The third-order valence-corrected chi connectivity index (χ3v) is 6.67. The van der Waals surface area contributed by atoms with Crippen LogP contribution < -0.4 is 10.6 Å². The predicted octanol–water partition coefficient (Wildman–Crippen LogP) is 2.89. The highest BCUT2D eigenvalue weighted by atomic mass is 79.9. The Morgan fingerprint density at radius 3 is 2.30 bits per heavy atom. The number of hydrogen-bond acceptors (Lipinski definition) is 3. The van der Waals surface area contributed by atoms with Crippen molar-refractivity contribution in [1.29, 1.82) is 0 Å². The number of piperazine rings is 1. The largest absolute Gasteiger partial charge is 0.369 e. The van der Waals surface area contributed by atoms with E-state index in [1.807, 2.05) is 4.90 Å². The maximum Gasteiger partial charge on any atom is 0.285 e. The molecule has 0 saturated carbocycles. The summed E-state index contributed by atoms with van der Waals surface area (Å²) < 4.78 is 29.5. The molecule has 0 atom stereocenters. The molecule has 27 heavy (non-hydrogen) atoms. The van der Waals surface area contributed by atoms with Crippen molar-refractivity contribution in [3.8, 4) is 0 Å². The molecule has 1 aliphatic rings. The summed E-state index contributed by atoms with van der Waals surface area (Å²) in [4.78, 5) is 4.25. The fraction of sp³-hybridized carbons (Fsp3) is 0.316. The Morgan fingerprint density at radius 1 is 1.04 bits per heavy atom. The monoisotopic (exact) mass is 450 g/mol. The second kappa shape index (κ2) is 7.90. The van der Waals surface area contributed by atoms with Crippen LogP contribution in [0, 0.1) is 13.8 Å². The van der Waals surface area contributed by atoms with E-state index in [-0.39, 0.29) is 10.9 Å². The maximum atomic E-state index is 12.4. The molecule has 0 aliphatic carbocycles. The fourth-order valence-electron chi connectivity index (χ4n) is 3.09. The number of nitrogens with zero attached hydrogens (tertiary/aromatic N) is 3. The van der Waals surface area contributed by atoms with Crippen molar-refractivity contribution in [2.24, 2.45) is 10.1 Å². The SMILES string of the molecule is Cc1cccc(N2CCN(C(N)=NS(=O)(=O)c3ccc(Br)cc3)CC2)c1C. The quantitative estimate of drug-likeness (QED) is 0.574. The molecule has 8 heteroatoms. The minimum Gasteiger partial charge on any atom is -0.369 e. The molecule has 1 heterocycles. The van der Waals surface area contributed by atoms with Crippen LogP contribution >= 0.6 is 15.9 Å². The van der Waals surface area contributed by atoms with Crippen molar-refractivity contribution in [1.82, 2.24) is 4.90 Å². The number of aryl methyl sites for hydroxylation is 1. The highest BCUT2D eigenvalue weighted by molar-refractivity contribution is 9.10. The molecule has 1 fully saturated rings. The molecule has 144 valence electrons. The Kier molecular flexibility index (Phi) is 5.76. The van der Waals surface area contributed by atoms with Gasteiger partial charge in [-0.25, -0.2) is 0 Å². The van der Waals surface area contributed by atoms with Gasteiger partial charge in [0.15, 0.2) is 0 Å². The molecule has 2 N–H and O–H groups in total. The first kappa shape index (κ1) is 19.7. The van der Waals surface area contributed by atoms with E-state index in [0.29, 0.717) is 13.1 Å². The van der Waals surface area contributed by atoms with E-state index >= 15 is 0 Å². The number of nitrogens with two attached hydrogens (primary N) is 1. The van der Waals surface area contributed by atoms with E-state index in [4.69, 9.17) is 5.73 Å². The fourth-order valence-corrected chi connectivity index (χ4v) is 4.31. The van der Waals surface area contributed by atoms with E-state index < -0.39 is 10.0 Å². The van der Waals surface area contributed by atoms with Crippen LogP contribution in [0.4, 0.5) is 5.69 Å². The zero-order valence-corrected chi connectivity index (χ0v) is 17.8. The van der Waals surface area contributed by atoms with E-state index in [0.717, 1.165) is 17.6 Å². The van der Waals surface area contributed by atoms with E-state index in [2.05, 4.69) is 57.3 Å². The minimum atomic E-state index is -3.82. The van der Waals surface area contributed by atoms with Crippen molar-refractivity contribution in [3.05, 3.63) is 58.1 Å². The van der Waals surface area contributed by atoms with Crippen LogP contribution in [-0.2, 0) is 10.0 Å². The summed E-state index contributed by atoms with van der Waals surface area (Å²) in [6.45, 7) is 7.00. The van der Waals surface area contributed by atoms with Crippen LogP contribution in [0.25, 0.3) is 0 Å². The molecule has 6 nitrogen and oxygen atoms in total. The van der Waals surface area contributed by atoms with Gasteiger partial charge in [0.1, 0.15) is 0 Å². The van der Waals surface area contributed by atoms with Gasteiger partial charge in [0.2, 0.25) is 5.96 Å². The molecular formula is C19H23BrN4O2S. The van der Waals surface area contributed by atoms with Gasteiger partial charge >= 0.3 is 0 Å². The Labute approximate surface area is 168 Å². The molecule has 0 amide bonds. The lowest BCUT2D eigenvalue weighted by Gasteiger charge is -2.37. The summed E-state index contributed by atoms with van der Waals surface area (Å²) in [7, 11) is -3.82. The number of guanidine groups is 1.